The highest BCUT2D eigenvalue weighted by Gasteiger charge is 2.04. The Kier molecular flexibility index (Phi) is 18.9. The lowest BCUT2D eigenvalue weighted by molar-refractivity contribution is 0.272. The highest BCUT2D eigenvalue weighted by Crippen LogP contribution is 2.07. The summed E-state index contributed by atoms with van der Waals surface area (Å²) in [5.74, 6) is 0. The molecular weight excluding hydrogens is 500 g/mol. The Bertz CT molecular complexity index is 269. The third-order valence-electron chi connectivity index (χ3n) is 3.94. The lowest BCUT2D eigenvalue weighted by Crippen LogP contribution is -2.27. The van der Waals surface area contributed by atoms with Crippen molar-refractivity contribution in [1.82, 2.24) is 9.80 Å². The van der Waals surface area contributed by atoms with Gasteiger partial charge in [0.25, 0.3) is 0 Å². The van der Waals surface area contributed by atoms with Gasteiger partial charge in [0.2, 0.25) is 0 Å². The molecule has 0 heterocycles. The summed E-state index contributed by atoms with van der Waals surface area (Å²) in [4.78, 5) is 5.03. The fraction of sp³-hybridized carbons (Fsp3) is 0.941. The SMILES string of the molecule is CCN(CCI)CCCCCCCN(CCC#N)CCCI. The maximum atomic E-state index is 8.73. The van der Waals surface area contributed by atoms with E-state index in [2.05, 4.69) is 68.0 Å². The van der Waals surface area contributed by atoms with Crippen LogP contribution < -0.4 is 0 Å². The molecule has 0 amide bonds. The van der Waals surface area contributed by atoms with E-state index in [0.29, 0.717) is 6.42 Å². The minimum atomic E-state index is 0.672. The molecule has 0 saturated heterocycles. The zero-order valence-corrected chi connectivity index (χ0v) is 18.5. The highest BCUT2D eigenvalue weighted by atomic mass is 127. The Morgan fingerprint density at radius 3 is 1.86 bits per heavy atom. The number of nitrogens with zero attached hydrogens (tertiary/aromatic N) is 3. The predicted octanol–water partition coefficient (Wildman–Crippen LogP) is 4.73. The standard InChI is InChI=1S/C17H33I2N3/c1-2-21(17-11-19)13-6-4-3-5-7-14-22(15-8-10-18)16-9-12-20/h2-11,13-17H2,1H3. The van der Waals surface area contributed by atoms with Crippen LogP contribution in [0.1, 0.15) is 51.9 Å². The van der Waals surface area contributed by atoms with Crippen LogP contribution in [0.4, 0.5) is 0 Å². The zero-order valence-electron chi connectivity index (χ0n) is 14.2. The van der Waals surface area contributed by atoms with Crippen molar-refractivity contribution in [2.75, 3.05) is 48.1 Å². The van der Waals surface area contributed by atoms with Crippen molar-refractivity contribution in [2.24, 2.45) is 0 Å². The zero-order chi connectivity index (χ0) is 16.5. The van der Waals surface area contributed by atoms with E-state index in [0.717, 1.165) is 13.1 Å². The number of alkyl halides is 2. The lowest BCUT2D eigenvalue weighted by atomic mass is 10.1. The van der Waals surface area contributed by atoms with Gasteiger partial charge < -0.3 is 9.80 Å². The highest BCUT2D eigenvalue weighted by molar-refractivity contribution is 14.1. The molecule has 0 saturated carbocycles. The van der Waals surface area contributed by atoms with Gasteiger partial charge in [0.05, 0.1) is 6.07 Å². The topological polar surface area (TPSA) is 30.3 Å². The van der Waals surface area contributed by atoms with Crippen molar-refractivity contribution in [1.29, 1.82) is 5.26 Å². The lowest BCUT2D eigenvalue weighted by Gasteiger charge is -2.21. The molecule has 0 spiro atoms. The molecule has 0 rings (SSSR count). The summed E-state index contributed by atoms with van der Waals surface area (Å²) < 4.78 is 2.45. The normalized spacial score (nSPS) is 11.3. The largest absolute Gasteiger partial charge is 0.303 e. The molecule has 0 atom stereocenters. The summed E-state index contributed by atoms with van der Waals surface area (Å²) in [6, 6.07) is 2.27. The van der Waals surface area contributed by atoms with Crippen LogP contribution >= 0.6 is 45.2 Å². The Balaban J connectivity index is 3.57. The van der Waals surface area contributed by atoms with Crippen LogP contribution in [-0.2, 0) is 0 Å². The first-order chi connectivity index (χ1) is 10.8. The monoisotopic (exact) mass is 533 g/mol. The first-order valence-electron chi connectivity index (χ1n) is 8.72. The number of unbranched alkanes of at least 4 members (excludes halogenated alkanes) is 4. The van der Waals surface area contributed by atoms with Gasteiger partial charge in [0, 0.05) is 28.4 Å². The summed E-state index contributed by atoms with van der Waals surface area (Å²) in [7, 11) is 0. The van der Waals surface area contributed by atoms with Gasteiger partial charge in [-0.05, 0) is 45.4 Å². The van der Waals surface area contributed by atoms with Crippen molar-refractivity contribution in [3.05, 3.63) is 0 Å². The van der Waals surface area contributed by atoms with E-state index in [1.54, 1.807) is 0 Å². The fourth-order valence-corrected chi connectivity index (χ4v) is 3.60. The maximum absolute atomic E-state index is 8.73. The molecule has 0 aromatic rings. The number of hydrogen-bond donors (Lipinski definition) is 0. The van der Waals surface area contributed by atoms with Crippen LogP contribution in [0.2, 0.25) is 0 Å². The molecule has 0 aromatic heterocycles. The Labute approximate surface area is 165 Å². The summed E-state index contributed by atoms with van der Waals surface area (Å²) in [6.07, 6.45) is 8.62. The average molecular weight is 533 g/mol. The number of halogens is 2. The second-order valence-corrected chi connectivity index (χ2v) is 7.84. The van der Waals surface area contributed by atoms with Gasteiger partial charge in [-0.2, -0.15) is 5.26 Å². The molecule has 0 aliphatic carbocycles. The number of hydrogen-bond acceptors (Lipinski definition) is 3. The van der Waals surface area contributed by atoms with Gasteiger partial charge in [-0.3, -0.25) is 0 Å². The number of rotatable bonds is 16. The summed E-state index contributed by atoms with van der Waals surface area (Å²) >= 11 is 4.90. The van der Waals surface area contributed by atoms with E-state index in [1.165, 1.54) is 73.6 Å². The van der Waals surface area contributed by atoms with Crippen LogP contribution in [0.15, 0.2) is 0 Å². The van der Waals surface area contributed by atoms with Crippen LogP contribution in [0, 0.1) is 11.3 Å². The van der Waals surface area contributed by atoms with E-state index in [1.807, 2.05) is 0 Å². The van der Waals surface area contributed by atoms with Gasteiger partial charge in [-0.25, -0.2) is 0 Å². The summed E-state index contributed by atoms with van der Waals surface area (Å²) in [5.41, 5.74) is 0. The molecule has 0 radical (unpaired) electrons. The number of nitriles is 1. The van der Waals surface area contributed by atoms with E-state index < -0.39 is 0 Å². The second-order valence-electron chi connectivity index (χ2n) is 5.68. The second kappa shape index (κ2) is 18.2. The molecule has 22 heavy (non-hydrogen) atoms. The Morgan fingerprint density at radius 1 is 0.727 bits per heavy atom. The molecule has 5 heteroatoms. The fourth-order valence-electron chi connectivity index (χ4n) is 2.58. The molecular formula is C17H33I2N3. The van der Waals surface area contributed by atoms with E-state index in [4.69, 9.17) is 5.26 Å². The van der Waals surface area contributed by atoms with E-state index in [-0.39, 0.29) is 0 Å². The van der Waals surface area contributed by atoms with Gasteiger partial charge in [-0.1, -0.05) is 71.4 Å². The minimum Gasteiger partial charge on any atom is -0.303 e. The summed E-state index contributed by atoms with van der Waals surface area (Å²) in [5, 5.41) is 8.73. The van der Waals surface area contributed by atoms with Crippen LogP contribution in [0.25, 0.3) is 0 Å². The van der Waals surface area contributed by atoms with Gasteiger partial charge in [0.1, 0.15) is 0 Å². The van der Waals surface area contributed by atoms with Crippen LogP contribution in [0.3, 0.4) is 0 Å². The quantitative estimate of drug-likeness (QED) is 0.163. The molecule has 0 N–H and O–H groups in total. The first-order valence-corrected chi connectivity index (χ1v) is 11.8. The van der Waals surface area contributed by atoms with Gasteiger partial charge in [0.15, 0.2) is 0 Å². The summed E-state index contributed by atoms with van der Waals surface area (Å²) in [6.45, 7) is 9.24. The Morgan fingerprint density at radius 2 is 1.32 bits per heavy atom. The average Bonchev–Trinajstić information content (AvgIpc) is 2.54. The van der Waals surface area contributed by atoms with Crippen molar-refractivity contribution in [3.63, 3.8) is 0 Å². The predicted molar refractivity (Wildman–Crippen MR) is 114 cm³/mol. The molecule has 3 nitrogen and oxygen atoms in total. The molecule has 0 unspecified atom stereocenters. The first kappa shape index (κ1) is 22.9. The van der Waals surface area contributed by atoms with E-state index >= 15 is 0 Å². The minimum absolute atomic E-state index is 0.672. The maximum Gasteiger partial charge on any atom is 0.0635 e. The molecule has 0 aromatic carbocycles. The molecule has 130 valence electrons. The Hall–Kier alpha value is 0.870. The van der Waals surface area contributed by atoms with Crippen molar-refractivity contribution < 1.29 is 0 Å². The molecule has 0 fully saturated rings. The smallest absolute Gasteiger partial charge is 0.0635 e. The van der Waals surface area contributed by atoms with Crippen LogP contribution in [-0.4, -0.2) is 57.9 Å². The van der Waals surface area contributed by atoms with E-state index in [9.17, 15) is 0 Å². The molecule has 0 bridgehead atoms. The van der Waals surface area contributed by atoms with Crippen LogP contribution in [0.5, 0.6) is 0 Å². The third-order valence-corrected chi connectivity index (χ3v) is 5.19. The van der Waals surface area contributed by atoms with Crippen molar-refractivity contribution in [2.45, 2.75) is 51.9 Å². The third kappa shape index (κ3) is 14.5. The molecule has 0 aliphatic rings. The van der Waals surface area contributed by atoms with Gasteiger partial charge in [-0.15, -0.1) is 0 Å². The van der Waals surface area contributed by atoms with Crippen molar-refractivity contribution in [3.8, 4) is 6.07 Å². The van der Waals surface area contributed by atoms with Gasteiger partial charge >= 0.3 is 0 Å². The molecule has 0 aliphatic heterocycles. The van der Waals surface area contributed by atoms with Crippen molar-refractivity contribution >= 4 is 45.2 Å².